The number of nitrogens with one attached hydrogen (secondary N) is 2. The van der Waals surface area contributed by atoms with Crippen LogP contribution >= 0.6 is 0 Å². The number of benzene rings is 1. The molecule has 0 aliphatic heterocycles. The quantitative estimate of drug-likeness (QED) is 0.357. The number of pyridine rings is 1. The number of aryl methyl sites for hydroxylation is 1. The Kier molecular flexibility index (Phi) is 6.81. The number of carbonyl (C=O) groups is 2. The minimum Gasteiger partial charge on any atom is -0.444 e. The van der Waals surface area contributed by atoms with E-state index in [1.807, 2.05) is 17.7 Å². The van der Waals surface area contributed by atoms with E-state index in [0.29, 0.717) is 33.8 Å². The summed E-state index contributed by atoms with van der Waals surface area (Å²) in [6, 6.07) is 6.40. The number of aromatic nitrogens is 4. The van der Waals surface area contributed by atoms with Gasteiger partial charge in [0.2, 0.25) is 0 Å². The number of anilines is 1. The Morgan fingerprint density at radius 3 is 2.42 bits per heavy atom. The van der Waals surface area contributed by atoms with Crippen LogP contribution in [0.5, 0.6) is 0 Å². The van der Waals surface area contributed by atoms with E-state index in [9.17, 15) is 14.0 Å². The Labute approximate surface area is 220 Å². The van der Waals surface area contributed by atoms with Gasteiger partial charge in [0.1, 0.15) is 28.2 Å². The molecule has 11 heteroatoms. The zero-order valence-electron chi connectivity index (χ0n) is 22.9. The molecule has 0 unspecified atom stereocenters. The van der Waals surface area contributed by atoms with Gasteiger partial charge in [-0.3, -0.25) is 4.90 Å². The SMILES string of the molecule is CN(C(=O)OC(C)(C)C)c1nc2[nH]c(-c3cc(F)cc(CNC(=O)OC(C)(C)C)c3)cc2c2c1ncn2C. The van der Waals surface area contributed by atoms with Crippen molar-refractivity contribution in [1.29, 1.82) is 0 Å². The van der Waals surface area contributed by atoms with E-state index in [1.54, 1.807) is 61.0 Å². The molecule has 2 N–H and O–H groups in total. The molecule has 202 valence electrons. The first kappa shape index (κ1) is 26.9. The summed E-state index contributed by atoms with van der Waals surface area (Å²) in [6.45, 7) is 10.8. The van der Waals surface area contributed by atoms with Crippen molar-refractivity contribution in [2.24, 2.45) is 7.05 Å². The van der Waals surface area contributed by atoms with E-state index in [4.69, 9.17) is 9.47 Å². The van der Waals surface area contributed by atoms with Crippen LogP contribution in [0.2, 0.25) is 0 Å². The predicted molar refractivity (Wildman–Crippen MR) is 143 cm³/mol. The van der Waals surface area contributed by atoms with Gasteiger partial charge in [0, 0.05) is 37.3 Å². The second-order valence-corrected chi connectivity index (χ2v) is 11.2. The Hall–Kier alpha value is -4.15. The summed E-state index contributed by atoms with van der Waals surface area (Å²) in [7, 11) is 3.43. The highest BCUT2D eigenvalue weighted by Crippen LogP contribution is 2.34. The van der Waals surface area contributed by atoms with Gasteiger partial charge in [-0.15, -0.1) is 0 Å². The Morgan fingerprint density at radius 1 is 1.08 bits per heavy atom. The molecular weight excluding hydrogens is 491 g/mol. The molecule has 0 saturated heterocycles. The molecule has 3 heterocycles. The highest BCUT2D eigenvalue weighted by Gasteiger charge is 2.25. The number of hydrogen-bond acceptors (Lipinski definition) is 6. The van der Waals surface area contributed by atoms with Crippen LogP contribution in [0.25, 0.3) is 33.3 Å². The van der Waals surface area contributed by atoms with Crippen LogP contribution in [0.4, 0.5) is 19.8 Å². The number of fused-ring (bicyclic) bond motifs is 3. The number of carbonyl (C=O) groups excluding carboxylic acids is 2. The monoisotopic (exact) mass is 524 g/mol. The van der Waals surface area contributed by atoms with Crippen molar-refractivity contribution in [2.45, 2.75) is 59.3 Å². The van der Waals surface area contributed by atoms with Crippen LogP contribution in [-0.2, 0) is 23.1 Å². The van der Waals surface area contributed by atoms with Crippen molar-refractivity contribution in [3.8, 4) is 11.3 Å². The fourth-order valence-electron chi connectivity index (χ4n) is 3.99. The molecule has 38 heavy (non-hydrogen) atoms. The first-order valence-electron chi connectivity index (χ1n) is 12.2. The number of H-pyrrole nitrogens is 1. The highest BCUT2D eigenvalue weighted by molar-refractivity contribution is 6.09. The van der Waals surface area contributed by atoms with Crippen molar-refractivity contribution in [3.05, 3.63) is 42.0 Å². The zero-order valence-corrected chi connectivity index (χ0v) is 22.9. The summed E-state index contributed by atoms with van der Waals surface area (Å²) >= 11 is 0. The molecule has 0 bridgehead atoms. The van der Waals surface area contributed by atoms with Crippen LogP contribution in [-0.4, -0.2) is 50.0 Å². The van der Waals surface area contributed by atoms with Gasteiger partial charge in [-0.1, -0.05) is 0 Å². The third kappa shape index (κ3) is 5.87. The molecule has 4 aromatic rings. The molecule has 3 aromatic heterocycles. The van der Waals surface area contributed by atoms with Crippen molar-refractivity contribution in [1.82, 2.24) is 24.8 Å². The van der Waals surface area contributed by atoms with Gasteiger partial charge in [-0.2, -0.15) is 0 Å². The van der Waals surface area contributed by atoms with Crippen LogP contribution < -0.4 is 10.2 Å². The van der Waals surface area contributed by atoms with Crippen molar-refractivity contribution in [2.75, 3.05) is 11.9 Å². The lowest BCUT2D eigenvalue weighted by Crippen LogP contribution is -2.34. The van der Waals surface area contributed by atoms with Gasteiger partial charge >= 0.3 is 12.2 Å². The molecule has 4 rings (SSSR count). The maximum absolute atomic E-state index is 14.6. The summed E-state index contributed by atoms with van der Waals surface area (Å²) in [6.07, 6.45) is 0.502. The van der Waals surface area contributed by atoms with E-state index in [1.165, 1.54) is 17.0 Å². The van der Waals surface area contributed by atoms with Crippen LogP contribution in [0.15, 0.2) is 30.6 Å². The van der Waals surface area contributed by atoms with Gasteiger partial charge in [0.05, 0.1) is 11.8 Å². The van der Waals surface area contributed by atoms with Crippen LogP contribution in [0.3, 0.4) is 0 Å². The fourth-order valence-corrected chi connectivity index (χ4v) is 3.99. The maximum Gasteiger partial charge on any atom is 0.415 e. The molecular formula is C27H33FN6O4. The standard InChI is InChI=1S/C27H33FN6O4/c1-26(2,3)37-24(35)29-13-15-9-16(11-17(28)10-15)19-12-18-21-20(30-14-33(21)7)23(32-22(18)31-19)34(8)25(36)38-27(4,5)6/h9-12,14H,13H2,1-8H3,(H,29,35)(H,31,32). The number of amides is 2. The smallest absolute Gasteiger partial charge is 0.415 e. The van der Waals surface area contributed by atoms with Gasteiger partial charge < -0.3 is 24.3 Å². The molecule has 0 atom stereocenters. The zero-order chi connectivity index (χ0) is 28.0. The van der Waals surface area contributed by atoms with E-state index < -0.39 is 29.2 Å². The highest BCUT2D eigenvalue weighted by atomic mass is 19.1. The lowest BCUT2D eigenvalue weighted by molar-refractivity contribution is 0.0521. The molecule has 1 aromatic carbocycles. The first-order valence-corrected chi connectivity index (χ1v) is 12.2. The molecule has 2 amide bonds. The largest absolute Gasteiger partial charge is 0.444 e. The third-order valence-electron chi connectivity index (χ3n) is 5.51. The second kappa shape index (κ2) is 9.62. The van der Waals surface area contributed by atoms with E-state index >= 15 is 0 Å². The van der Waals surface area contributed by atoms with Gasteiger partial charge in [-0.25, -0.2) is 23.9 Å². The summed E-state index contributed by atoms with van der Waals surface area (Å²) in [4.78, 5) is 38.5. The van der Waals surface area contributed by atoms with Crippen LogP contribution in [0, 0.1) is 5.82 Å². The third-order valence-corrected chi connectivity index (χ3v) is 5.51. The molecule has 0 radical (unpaired) electrons. The summed E-state index contributed by atoms with van der Waals surface area (Å²) in [5, 5.41) is 3.41. The average Bonchev–Trinajstić information content (AvgIpc) is 3.37. The van der Waals surface area contributed by atoms with Crippen molar-refractivity contribution >= 4 is 40.1 Å². The van der Waals surface area contributed by atoms with E-state index in [2.05, 4.69) is 20.3 Å². The predicted octanol–water partition coefficient (Wildman–Crippen LogP) is 5.65. The number of alkyl carbamates (subject to hydrolysis) is 1. The molecule has 0 fully saturated rings. The lowest BCUT2D eigenvalue weighted by Gasteiger charge is -2.24. The van der Waals surface area contributed by atoms with Crippen LogP contribution in [0.1, 0.15) is 47.1 Å². The number of imidazole rings is 1. The molecule has 10 nitrogen and oxygen atoms in total. The molecule has 0 aliphatic carbocycles. The minimum absolute atomic E-state index is 0.0922. The molecule has 0 spiro atoms. The first-order chi connectivity index (χ1) is 17.6. The normalized spacial score (nSPS) is 12.1. The van der Waals surface area contributed by atoms with Gasteiger partial charge in [-0.05, 0) is 71.4 Å². The maximum atomic E-state index is 14.6. The fraction of sp³-hybridized carbons (Fsp3) is 0.407. The Morgan fingerprint density at radius 2 is 1.76 bits per heavy atom. The second-order valence-electron chi connectivity index (χ2n) is 11.2. The van der Waals surface area contributed by atoms with E-state index in [0.717, 1.165) is 10.9 Å². The number of aromatic amines is 1. The van der Waals surface area contributed by atoms with Crippen molar-refractivity contribution in [3.63, 3.8) is 0 Å². The number of nitrogens with zero attached hydrogens (tertiary/aromatic N) is 4. The van der Waals surface area contributed by atoms with E-state index in [-0.39, 0.29) is 6.54 Å². The van der Waals surface area contributed by atoms with Gasteiger partial charge in [0.25, 0.3) is 0 Å². The van der Waals surface area contributed by atoms with Gasteiger partial charge in [0.15, 0.2) is 5.82 Å². The number of halogens is 1. The number of ether oxygens (including phenoxy) is 2. The summed E-state index contributed by atoms with van der Waals surface area (Å²) in [5.74, 6) is -0.122. The van der Waals surface area contributed by atoms with Crippen molar-refractivity contribution < 1.29 is 23.5 Å². The topological polar surface area (TPSA) is 114 Å². The number of hydrogen-bond donors (Lipinski definition) is 2. The Balaban J connectivity index is 1.71. The Bertz CT molecular complexity index is 1530. The molecule has 0 saturated carbocycles. The average molecular weight is 525 g/mol. The molecule has 0 aliphatic rings. The minimum atomic E-state index is -0.675. The summed E-state index contributed by atoms with van der Waals surface area (Å²) < 4.78 is 27.2. The number of rotatable bonds is 4. The summed E-state index contributed by atoms with van der Waals surface area (Å²) in [5.41, 5.74) is 2.22. The lowest BCUT2D eigenvalue weighted by atomic mass is 10.1.